The summed E-state index contributed by atoms with van der Waals surface area (Å²) < 4.78 is 11.7. The van der Waals surface area contributed by atoms with Crippen molar-refractivity contribution in [3.8, 4) is 5.75 Å². The second kappa shape index (κ2) is 4.52. The summed E-state index contributed by atoms with van der Waals surface area (Å²) in [6.45, 7) is 2.97. The molecule has 1 aromatic carbocycles. The molecule has 1 aromatic heterocycles. The summed E-state index contributed by atoms with van der Waals surface area (Å²) in [5.74, 6) is 2.68. The smallest absolute Gasteiger partial charge is 0.176 e. The van der Waals surface area contributed by atoms with Gasteiger partial charge in [0.25, 0.3) is 0 Å². The first-order chi connectivity index (χ1) is 9.76. The topological polar surface area (TPSA) is 34.4 Å². The molecule has 0 amide bonds. The molecule has 0 spiro atoms. The van der Waals surface area contributed by atoms with Crippen LogP contribution >= 0.6 is 0 Å². The van der Waals surface area contributed by atoms with Crippen molar-refractivity contribution in [2.24, 2.45) is 0 Å². The Kier molecular flexibility index (Phi) is 2.77. The maximum atomic E-state index is 6.17. The van der Waals surface area contributed by atoms with Gasteiger partial charge in [0.15, 0.2) is 11.3 Å². The Hall–Kier alpha value is -1.48. The molecule has 0 unspecified atom stereocenters. The molecule has 2 aliphatic rings. The normalized spacial score (nSPS) is 18.7. The van der Waals surface area contributed by atoms with Gasteiger partial charge in [-0.1, -0.05) is 0 Å². The molecule has 2 fully saturated rings. The number of hydrogen-bond donors (Lipinski definition) is 1. The van der Waals surface area contributed by atoms with Crippen LogP contribution in [0.1, 0.15) is 48.5 Å². The zero-order valence-electron chi connectivity index (χ0n) is 12.2. The summed E-state index contributed by atoms with van der Waals surface area (Å²) in [4.78, 5) is 0. The fourth-order valence-electron chi connectivity index (χ4n) is 3.00. The van der Waals surface area contributed by atoms with E-state index in [1.165, 1.54) is 42.2 Å². The Bertz CT molecular complexity index is 651. The number of nitrogens with one attached hydrogen (secondary N) is 1. The van der Waals surface area contributed by atoms with Gasteiger partial charge in [0.2, 0.25) is 0 Å². The number of fused-ring (bicyclic) bond motifs is 1. The zero-order valence-corrected chi connectivity index (χ0v) is 12.2. The summed E-state index contributed by atoms with van der Waals surface area (Å²) in [7, 11) is 1.72. The van der Waals surface area contributed by atoms with Gasteiger partial charge in [-0.3, -0.25) is 0 Å². The molecule has 20 heavy (non-hydrogen) atoms. The van der Waals surface area contributed by atoms with Crippen LogP contribution in [0.4, 0.5) is 0 Å². The fourth-order valence-corrected chi connectivity index (χ4v) is 3.00. The molecule has 3 heteroatoms. The van der Waals surface area contributed by atoms with Gasteiger partial charge >= 0.3 is 0 Å². The Labute approximate surface area is 119 Å². The Morgan fingerprint density at radius 2 is 2.05 bits per heavy atom. The quantitative estimate of drug-likeness (QED) is 0.896. The van der Waals surface area contributed by atoms with Gasteiger partial charge in [0.05, 0.1) is 13.7 Å². The van der Waals surface area contributed by atoms with E-state index in [-0.39, 0.29) is 0 Å². The van der Waals surface area contributed by atoms with Gasteiger partial charge < -0.3 is 14.5 Å². The highest BCUT2D eigenvalue weighted by Crippen LogP contribution is 2.48. The molecular formula is C17H21NO2. The highest BCUT2D eigenvalue weighted by molar-refractivity contribution is 5.89. The third kappa shape index (κ3) is 2.10. The highest BCUT2D eigenvalue weighted by Gasteiger charge is 2.32. The van der Waals surface area contributed by atoms with Crippen molar-refractivity contribution >= 4 is 11.0 Å². The van der Waals surface area contributed by atoms with Crippen LogP contribution in [0.5, 0.6) is 5.75 Å². The van der Waals surface area contributed by atoms with Crippen LogP contribution in [0, 0.1) is 6.92 Å². The number of hydrogen-bond acceptors (Lipinski definition) is 3. The molecule has 4 rings (SSSR count). The predicted octanol–water partition coefficient (Wildman–Crippen LogP) is 3.88. The first-order valence-electron chi connectivity index (χ1n) is 7.59. The number of ether oxygens (including phenoxy) is 1. The van der Waals surface area contributed by atoms with E-state index < -0.39 is 0 Å². The first kappa shape index (κ1) is 12.3. The van der Waals surface area contributed by atoms with E-state index in [1.54, 1.807) is 7.11 Å². The lowest BCUT2D eigenvalue weighted by molar-refractivity contribution is 0.405. The Morgan fingerprint density at radius 3 is 2.70 bits per heavy atom. The van der Waals surface area contributed by atoms with Crippen LogP contribution in [0.15, 0.2) is 16.5 Å². The average molecular weight is 271 g/mol. The molecule has 2 aliphatic carbocycles. The summed E-state index contributed by atoms with van der Waals surface area (Å²) in [6, 6.07) is 5.01. The summed E-state index contributed by atoms with van der Waals surface area (Å²) >= 11 is 0. The number of benzene rings is 1. The van der Waals surface area contributed by atoms with Crippen LogP contribution in [0.2, 0.25) is 0 Å². The van der Waals surface area contributed by atoms with Gasteiger partial charge in [-0.25, -0.2) is 0 Å². The standard InChI is InChI=1S/C17H21NO2/c1-10-7-13-16(11-3-4-11)15(9-18-12-5-6-12)20-17(13)14(8-10)19-2/h7-8,11-12,18H,3-6,9H2,1-2H3. The van der Waals surface area contributed by atoms with Crippen molar-refractivity contribution in [3.63, 3.8) is 0 Å². The zero-order chi connectivity index (χ0) is 13.7. The number of methoxy groups -OCH3 is 1. The van der Waals surface area contributed by atoms with E-state index >= 15 is 0 Å². The average Bonchev–Trinajstić information content (AvgIpc) is 3.34. The molecular weight excluding hydrogens is 250 g/mol. The lowest BCUT2D eigenvalue weighted by atomic mass is 10.0. The second-order valence-corrected chi connectivity index (χ2v) is 6.21. The van der Waals surface area contributed by atoms with E-state index in [2.05, 4.69) is 24.4 Å². The fraction of sp³-hybridized carbons (Fsp3) is 0.529. The molecule has 0 atom stereocenters. The summed E-state index contributed by atoms with van der Waals surface area (Å²) in [5.41, 5.74) is 3.58. The third-order valence-corrected chi connectivity index (χ3v) is 4.35. The van der Waals surface area contributed by atoms with E-state index in [9.17, 15) is 0 Å². The van der Waals surface area contributed by atoms with Crippen molar-refractivity contribution < 1.29 is 9.15 Å². The van der Waals surface area contributed by atoms with Crippen molar-refractivity contribution in [2.45, 2.75) is 51.1 Å². The third-order valence-electron chi connectivity index (χ3n) is 4.35. The number of rotatable bonds is 5. The Balaban J connectivity index is 1.81. The van der Waals surface area contributed by atoms with Crippen molar-refractivity contribution in [1.82, 2.24) is 5.32 Å². The number of furan rings is 1. The van der Waals surface area contributed by atoms with Crippen LogP contribution < -0.4 is 10.1 Å². The monoisotopic (exact) mass is 271 g/mol. The van der Waals surface area contributed by atoms with Crippen molar-refractivity contribution in [2.75, 3.05) is 7.11 Å². The minimum atomic E-state index is 0.693. The lowest BCUT2D eigenvalue weighted by Crippen LogP contribution is -2.15. The minimum Gasteiger partial charge on any atom is -0.493 e. The van der Waals surface area contributed by atoms with Gasteiger partial charge in [0.1, 0.15) is 5.76 Å². The summed E-state index contributed by atoms with van der Waals surface area (Å²) in [5, 5.41) is 4.84. The van der Waals surface area contributed by atoms with Gasteiger partial charge in [0, 0.05) is 17.0 Å². The van der Waals surface area contributed by atoms with Gasteiger partial charge in [-0.15, -0.1) is 0 Å². The largest absolute Gasteiger partial charge is 0.493 e. The van der Waals surface area contributed by atoms with E-state index in [4.69, 9.17) is 9.15 Å². The Morgan fingerprint density at radius 1 is 1.25 bits per heavy atom. The highest BCUT2D eigenvalue weighted by atomic mass is 16.5. The maximum Gasteiger partial charge on any atom is 0.176 e. The van der Waals surface area contributed by atoms with Crippen LogP contribution in [-0.4, -0.2) is 13.2 Å². The lowest BCUT2D eigenvalue weighted by Gasteiger charge is -2.03. The molecule has 0 saturated heterocycles. The van der Waals surface area contributed by atoms with Crippen LogP contribution in [-0.2, 0) is 6.54 Å². The molecule has 106 valence electrons. The molecule has 2 aromatic rings. The number of aryl methyl sites for hydroxylation is 1. The molecule has 0 aliphatic heterocycles. The van der Waals surface area contributed by atoms with Crippen LogP contribution in [0.25, 0.3) is 11.0 Å². The van der Waals surface area contributed by atoms with Crippen molar-refractivity contribution in [1.29, 1.82) is 0 Å². The van der Waals surface area contributed by atoms with Crippen LogP contribution in [0.3, 0.4) is 0 Å². The molecule has 2 saturated carbocycles. The van der Waals surface area contributed by atoms with E-state index in [0.29, 0.717) is 12.0 Å². The molecule has 1 N–H and O–H groups in total. The van der Waals surface area contributed by atoms with Gasteiger partial charge in [-0.05, 0) is 56.2 Å². The van der Waals surface area contributed by atoms with E-state index in [1.807, 2.05) is 0 Å². The molecule has 1 heterocycles. The maximum absolute atomic E-state index is 6.17. The van der Waals surface area contributed by atoms with Crippen molar-refractivity contribution in [3.05, 3.63) is 29.0 Å². The summed E-state index contributed by atoms with van der Waals surface area (Å²) in [6.07, 6.45) is 5.20. The predicted molar refractivity (Wildman–Crippen MR) is 79.3 cm³/mol. The molecule has 3 nitrogen and oxygen atoms in total. The molecule has 0 bridgehead atoms. The van der Waals surface area contributed by atoms with Gasteiger partial charge in [-0.2, -0.15) is 0 Å². The molecule has 0 radical (unpaired) electrons. The minimum absolute atomic E-state index is 0.693. The first-order valence-corrected chi connectivity index (χ1v) is 7.59. The second-order valence-electron chi connectivity index (χ2n) is 6.21. The van der Waals surface area contributed by atoms with E-state index in [0.717, 1.165) is 23.6 Å². The SMILES string of the molecule is COc1cc(C)cc2c(C3CC3)c(CNC3CC3)oc12.